The number of benzene rings is 1. The van der Waals surface area contributed by atoms with Crippen LogP contribution in [0.25, 0.3) is 0 Å². The second-order valence-corrected chi connectivity index (χ2v) is 7.12. The molecule has 2 heterocycles. The highest BCUT2D eigenvalue weighted by molar-refractivity contribution is 9.10. The first-order valence-corrected chi connectivity index (χ1v) is 8.92. The molecule has 0 saturated carbocycles. The van der Waals surface area contributed by atoms with Crippen LogP contribution in [-0.2, 0) is 13.6 Å². The topological polar surface area (TPSA) is 64.7 Å². The van der Waals surface area contributed by atoms with Gasteiger partial charge in [0.25, 0.3) is 5.91 Å². The molecule has 3 aromatic rings. The van der Waals surface area contributed by atoms with Crippen molar-refractivity contribution in [3.63, 3.8) is 0 Å². The van der Waals surface area contributed by atoms with Gasteiger partial charge in [-0.3, -0.25) is 14.2 Å². The molecule has 2 aromatic heterocycles. The van der Waals surface area contributed by atoms with Crippen LogP contribution < -0.4 is 5.32 Å². The lowest BCUT2D eigenvalue weighted by atomic mass is 10.2. The van der Waals surface area contributed by atoms with E-state index < -0.39 is 5.82 Å². The molecule has 3 rings (SSSR count). The Morgan fingerprint density at radius 3 is 2.69 bits per heavy atom. The summed E-state index contributed by atoms with van der Waals surface area (Å²) in [5.74, 6) is -0.750. The monoisotopic (exact) mass is 439 g/mol. The van der Waals surface area contributed by atoms with Gasteiger partial charge < -0.3 is 5.32 Å². The minimum absolute atomic E-state index is 0.168. The van der Waals surface area contributed by atoms with E-state index in [0.717, 1.165) is 0 Å². The lowest BCUT2D eigenvalue weighted by Gasteiger charge is -2.09. The largest absolute Gasteiger partial charge is 0.317 e. The van der Waals surface area contributed by atoms with Crippen LogP contribution in [0.1, 0.15) is 27.4 Å². The maximum Gasteiger partial charge on any atom is 0.277 e. The number of amides is 1. The van der Waals surface area contributed by atoms with Crippen LogP contribution in [-0.4, -0.2) is 25.5 Å². The summed E-state index contributed by atoms with van der Waals surface area (Å²) in [6, 6.07) is 4.54. The molecule has 0 bridgehead atoms. The van der Waals surface area contributed by atoms with Gasteiger partial charge in [-0.25, -0.2) is 4.39 Å². The van der Waals surface area contributed by atoms with Crippen LogP contribution in [0.2, 0.25) is 5.02 Å². The second kappa shape index (κ2) is 7.20. The normalized spacial score (nSPS) is 11.0. The highest BCUT2D eigenvalue weighted by Crippen LogP contribution is 2.25. The Kier molecular flexibility index (Phi) is 5.15. The Bertz CT molecular complexity index is 977. The van der Waals surface area contributed by atoms with Crippen molar-refractivity contribution in [1.82, 2.24) is 19.6 Å². The third kappa shape index (κ3) is 3.52. The lowest BCUT2D eigenvalue weighted by Crippen LogP contribution is -2.15. The van der Waals surface area contributed by atoms with Crippen LogP contribution in [0.4, 0.5) is 10.1 Å². The fraction of sp³-hybridized carbons (Fsp3) is 0.235. The summed E-state index contributed by atoms with van der Waals surface area (Å²) in [7, 11) is 1.73. The minimum atomic E-state index is -0.395. The number of aromatic nitrogens is 4. The van der Waals surface area contributed by atoms with E-state index in [4.69, 9.17) is 11.6 Å². The summed E-state index contributed by atoms with van der Waals surface area (Å²) in [5, 5.41) is 11.7. The molecule has 6 nitrogen and oxygen atoms in total. The SMILES string of the molecule is Cc1nn(Cc2c(F)cccc2Cl)c(C)c1NC(=O)c1nn(C)cc1Br. The Labute approximate surface area is 163 Å². The van der Waals surface area contributed by atoms with E-state index in [-0.39, 0.29) is 18.1 Å². The number of nitrogens with zero attached hydrogens (tertiary/aromatic N) is 4. The quantitative estimate of drug-likeness (QED) is 0.664. The van der Waals surface area contributed by atoms with Crippen molar-refractivity contribution in [1.29, 1.82) is 0 Å². The molecule has 136 valence electrons. The number of hydrogen-bond acceptors (Lipinski definition) is 3. The van der Waals surface area contributed by atoms with Gasteiger partial charge in [-0.05, 0) is 41.9 Å². The first kappa shape index (κ1) is 18.6. The Hall–Kier alpha value is -2.19. The lowest BCUT2D eigenvalue weighted by molar-refractivity contribution is 0.102. The number of halogens is 3. The molecule has 9 heteroatoms. The van der Waals surface area contributed by atoms with Crippen molar-refractivity contribution < 1.29 is 9.18 Å². The van der Waals surface area contributed by atoms with Gasteiger partial charge in [0.15, 0.2) is 5.69 Å². The van der Waals surface area contributed by atoms with E-state index in [1.54, 1.807) is 48.6 Å². The Morgan fingerprint density at radius 2 is 2.08 bits per heavy atom. The summed E-state index contributed by atoms with van der Waals surface area (Å²) < 4.78 is 17.8. The van der Waals surface area contributed by atoms with Gasteiger partial charge in [0, 0.05) is 23.8 Å². The van der Waals surface area contributed by atoms with Crippen molar-refractivity contribution >= 4 is 39.1 Å². The molecule has 1 aromatic carbocycles. The summed E-state index contributed by atoms with van der Waals surface area (Å²) in [6.07, 6.45) is 1.69. The third-order valence-corrected chi connectivity index (χ3v) is 4.92. The molecule has 0 aliphatic heterocycles. The van der Waals surface area contributed by atoms with Crippen LogP contribution in [0.15, 0.2) is 28.9 Å². The van der Waals surface area contributed by atoms with Crippen LogP contribution >= 0.6 is 27.5 Å². The van der Waals surface area contributed by atoms with Crippen LogP contribution in [0.5, 0.6) is 0 Å². The molecular formula is C17H16BrClFN5O. The maximum absolute atomic E-state index is 14.0. The number of anilines is 1. The zero-order chi connectivity index (χ0) is 19.0. The van der Waals surface area contributed by atoms with Gasteiger partial charge in [0.05, 0.1) is 28.1 Å². The zero-order valence-electron chi connectivity index (χ0n) is 14.3. The minimum Gasteiger partial charge on any atom is -0.317 e. The molecule has 0 aliphatic rings. The number of nitrogens with one attached hydrogen (secondary N) is 1. The summed E-state index contributed by atoms with van der Waals surface area (Å²) in [4.78, 5) is 12.5. The predicted molar refractivity (Wildman–Crippen MR) is 101 cm³/mol. The number of rotatable bonds is 4. The van der Waals surface area contributed by atoms with E-state index in [9.17, 15) is 9.18 Å². The fourth-order valence-electron chi connectivity index (χ4n) is 2.65. The maximum atomic E-state index is 14.0. The number of hydrogen-bond donors (Lipinski definition) is 1. The van der Waals surface area contributed by atoms with E-state index >= 15 is 0 Å². The highest BCUT2D eigenvalue weighted by Gasteiger charge is 2.20. The smallest absolute Gasteiger partial charge is 0.277 e. The first-order valence-electron chi connectivity index (χ1n) is 7.75. The number of carbonyl (C=O) groups excluding carboxylic acids is 1. The van der Waals surface area contributed by atoms with Gasteiger partial charge in [-0.2, -0.15) is 10.2 Å². The molecular weight excluding hydrogens is 425 g/mol. The van der Waals surface area contributed by atoms with E-state index in [1.165, 1.54) is 6.07 Å². The van der Waals surface area contributed by atoms with E-state index in [2.05, 4.69) is 31.4 Å². The highest BCUT2D eigenvalue weighted by atomic mass is 79.9. The average molecular weight is 441 g/mol. The molecule has 0 radical (unpaired) electrons. The molecule has 1 N–H and O–H groups in total. The third-order valence-electron chi connectivity index (χ3n) is 3.99. The standard InChI is InChI=1S/C17H16BrClFN5O/c1-9-15(21-17(26)16-12(18)8-24(3)23-16)10(2)25(22-9)7-11-13(19)5-4-6-14(11)20/h4-6,8H,7H2,1-3H3,(H,21,26). The fourth-order valence-corrected chi connectivity index (χ4v) is 3.43. The van der Waals surface area contributed by atoms with Gasteiger partial charge in [0.2, 0.25) is 0 Å². The summed E-state index contributed by atoms with van der Waals surface area (Å²) in [5.41, 5.74) is 2.51. The Morgan fingerprint density at radius 1 is 1.35 bits per heavy atom. The first-order chi connectivity index (χ1) is 12.3. The Balaban J connectivity index is 1.89. The zero-order valence-corrected chi connectivity index (χ0v) is 16.7. The molecule has 1 amide bonds. The van der Waals surface area contributed by atoms with E-state index in [0.29, 0.717) is 32.1 Å². The average Bonchev–Trinajstić information content (AvgIpc) is 3.04. The van der Waals surface area contributed by atoms with Gasteiger partial charge in [-0.1, -0.05) is 17.7 Å². The van der Waals surface area contributed by atoms with Crippen molar-refractivity contribution in [2.24, 2.45) is 7.05 Å². The molecule has 0 atom stereocenters. The van der Waals surface area contributed by atoms with Crippen molar-refractivity contribution in [2.75, 3.05) is 5.32 Å². The van der Waals surface area contributed by atoms with Crippen LogP contribution in [0, 0.1) is 19.7 Å². The number of carbonyl (C=O) groups is 1. The summed E-state index contributed by atoms with van der Waals surface area (Å²) in [6.45, 7) is 3.74. The number of aryl methyl sites for hydroxylation is 2. The molecule has 0 saturated heterocycles. The molecule has 0 fully saturated rings. The second-order valence-electron chi connectivity index (χ2n) is 5.86. The van der Waals surface area contributed by atoms with Gasteiger partial charge >= 0.3 is 0 Å². The van der Waals surface area contributed by atoms with Crippen molar-refractivity contribution in [3.8, 4) is 0 Å². The van der Waals surface area contributed by atoms with Crippen molar-refractivity contribution in [3.05, 3.63) is 62.4 Å². The van der Waals surface area contributed by atoms with Crippen LogP contribution in [0.3, 0.4) is 0 Å². The molecule has 26 heavy (non-hydrogen) atoms. The molecule has 0 unspecified atom stereocenters. The van der Waals surface area contributed by atoms with Gasteiger partial charge in [0.1, 0.15) is 5.82 Å². The predicted octanol–water partition coefficient (Wildman–Crippen LogP) is 4.09. The molecule has 0 spiro atoms. The van der Waals surface area contributed by atoms with E-state index in [1.807, 2.05) is 0 Å². The van der Waals surface area contributed by atoms with Crippen molar-refractivity contribution in [2.45, 2.75) is 20.4 Å². The molecule has 0 aliphatic carbocycles. The van der Waals surface area contributed by atoms with Gasteiger partial charge in [-0.15, -0.1) is 0 Å². The summed E-state index contributed by atoms with van der Waals surface area (Å²) >= 11 is 9.41.